The normalized spacial score (nSPS) is 11.0. The number of aryl methyl sites for hydroxylation is 1. The molecule has 0 fully saturated rings. The summed E-state index contributed by atoms with van der Waals surface area (Å²) in [5.41, 5.74) is 4.10. The van der Waals surface area contributed by atoms with Gasteiger partial charge in [0.25, 0.3) is 5.56 Å². The molecule has 0 unspecified atom stereocenters. The predicted octanol–water partition coefficient (Wildman–Crippen LogP) is 5.45. The maximum Gasteiger partial charge on any atom is 0.269 e. The van der Waals surface area contributed by atoms with Gasteiger partial charge in [-0.3, -0.25) is 4.79 Å². The Kier molecular flexibility index (Phi) is 4.92. The number of nitriles is 1. The van der Waals surface area contributed by atoms with E-state index in [4.69, 9.17) is 9.72 Å². The van der Waals surface area contributed by atoms with E-state index >= 15 is 0 Å². The van der Waals surface area contributed by atoms with Crippen molar-refractivity contribution in [1.29, 1.82) is 5.26 Å². The minimum absolute atomic E-state index is 0.232. The zero-order valence-corrected chi connectivity index (χ0v) is 18.3. The Labute approximate surface area is 187 Å². The van der Waals surface area contributed by atoms with E-state index in [1.807, 2.05) is 68.4 Å². The lowest BCUT2D eigenvalue weighted by Crippen LogP contribution is -2.07. The van der Waals surface area contributed by atoms with Crippen LogP contribution in [0.15, 0.2) is 59.4 Å². The molecule has 3 aromatic heterocycles. The lowest BCUT2D eigenvalue weighted by molar-refractivity contribution is 0.327. The summed E-state index contributed by atoms with van der Waals surface area (Å²) in [6, 6.07) is 19.7. The third-order valence-corrected chi connectivity index (χ3v) is 6.30. The van der Waals surface area contributed by atoms with Crippen LogP contribution in [0.3, 0.4) is 0 Å². The van der Waals surface area contributed by atoms with E-state index in [2.05, 4.69) is 16.0 Å². The molecule has 1 N–H and O–H groups in total. The van der Waals surface area contributed by atoms with Gasteiger partial charge in [0.15, 0.2) is 0 Å². The van der Waals surface area contributed by atoms with Crippen molar-refractivity contribution < 1.29 is 4.74 Å². The van der Waals surface area contributed by atoms with E-state index in [-0.39, 0.29) is 11.4 Å². The van der Waals surface area contributed by atoms with Gasteiger partial charge in [0.05, 0.1) is 12.1 Å². The molecule has 0 saturated heterocycles. The number of thiophene rings is 1. The molecule has 156 valence electrons. The van der Waals surface area contributed by atoms with Crippen LogP contribution in [0.25, 0.3) is 42.9 Å². The molecule has 0 amide bonds. The number of fused-ring (bicyclic) bond motifs is 3. The topological polar surface area (TPSA) is 91.7 Å². The maximum atomic E-state index is 13.0. The number of aromatic nitrogens is 3. The molecule has 7 heteroatoms. The Morgan fingerprint density at radius 2 is 1.81 bits per heavy atom. The van der Waals surface area contributed by atoms with Crippen LogP contribution in [0, 0.1) is 18.3 Å². The monoisotopic (exact) mass is 438 g/mol. The van der Waals surface area contributed by atoms with Crippen LogP contribution >= 0.6 is 11.3 Å². The van der Waals surface area contributed by atoms with Crippen LogP contribution in [-0.4, -0.2) is 21.6 Å². The molecule has 0 aliphatic rings. The van der Waals surface area contributed by atoms with Crippen LogP contribution in [0.2, 0.25) is 0 Å². The number of hydrogen-bond donors (Lipinski definition) is 1. The predicted molar refractivity (Wildman–Crippen MR) is 127 cm³/mol. The summed E-state index contributed by atoms with van der Waals surface area (Å²) < 4.78 is 6.17. The van der Waals surface area contributed by atoms with Crippen molar-refractivity contribution in [2.45, 2.75) is 13.8 Å². The van der Waals surface area contributed by atoms with Gasteiger partial charge in [0.1, 0.15) is 27.0 Å². The van der Waals surface area contributed by atoms with Crippen molar-refractivity contribution in [1.82, 2.24) is 15.0 Å². The van der Waals surface area contributed by atoms with E-state index in [1.165, 1.54) is 11.3 Å². The Hall–Kier alpha value is -4.02. The van der Waals surface area contributed by atoms with Gasteiger partial charge in [-0.2, -0.15) is 5.26 Å². The summed E-state index contributed by atoms with van der Waals surface area (Å²) in [6.07, 6.45) is 0. The van der Waals surface area contributed by atoms with Crippen LogP contribution in [0.1, 0.15) is 18.1 Å². The standard InChI is InChI=1S/C25H18N4O2S/c1-3-31-24-17(13-26)18(15-7-5-4-6-8-15)19-20-21(32-25(19)29-24)23(30)28-22(27-20)16-11-9-14(2)10-12-16/h4-12H,3H2,1-2H3,(H,27,28,30). The first-order valence-corrected chi connectivity index (χ1v) is 11.0. The number of benzene rings is 2. The number of ether oxygens (including phenoxy) is 1. The number of nitrogens with zero attached hydrogens (tertiary/aromatic N) is 3. The molecule has 0 atom stereocenters. The van der Waals surface area contributed by atoms with Crippen LogP contribution in [-0.2, 0) is 0 Å². The number of aromatic amines is 1. The number of nitrogens with one attached hydrogen (secondary N) is 1. The summed E-state index contributed by atoms with van der Waals surface area (Å²) in [4.78, 5) is 25.9. The fourth-order valence-corrected chi connectivity index (χ4v) is 4.76. The van der Waals surface area contributed by atoms with E-state index in [0.29, 0.717) is 44.0 Å². The van der Waals surface area contributed by atoms with Crippen LogP contribution < -0.4 is 10.3 Å². The van der Waals surface area contributed by atoms with Gasteiger partial charge < -0.3 is 9.72 Å². The number of H-pyrrole nitrogens is 1. The highest BCUT2D eigenvalue weighted by Gasteiger charge is 2.23. The van der Waals surface area contributed by atoms with Gasteiger partial charge >= 0.3 is 0 Å². The van der Waals surface area contributed by atoms with Crippen LogP contribution in [0.4, 0.5) is 0 Å². The van der Waals surface area contributed by atoms with E-state index in [0.717, 1.165) is 16.7 Å². The molecule has 3 heterocycles. The zero-order valence-electron chi connectivity index (χ0n) is 17.5. The van der Waals surface area contributed by atoms with Gasteiger partial charge in [0, 0.05) is 16.5 Å². The van der Waals surface area contributed by atoms with Crippen molar-refractivity contribution in [2.24, 2.45) is 0 Å². The molecule has 32 heavy (non-hydrogen) atoms. The molecule has 5 rings (SSSR count). The first-order valence-electron chi connectivity index (χ1n) is 10.2. The smallest absolute Gasteiger partial charge is 0.269 e. The van der Waals surface area contributed by atoms with Crippen molar-refractivity contribution in [3.05, 3.63) is 76.1 Å². The Morgan fingerprint density at radius 3 is 2.50 bits per heavy atom. The summed E-state index contributed by atoms with van der Waals surface area (Å²) >= 11 is 1.26. The molecule has 0 bridgehead atoms. The SMILES string of the molecule is CCOc1nc2sc3c(=O)[nH]c(-c4ccc(C)cc4)nc3c2c(-c2ccccc2)c1C#N. The van der Waals surface area contributed by atoms with Crippen molar-refractivity contribution >= 4 is 31.8 Å². The molecule has 0 aliphatic heterocycles. The molecule has 0 saturated carbocycles. The summed E-state index contributed by atoms with van der Waals surface area (Å²) in [6.45, 7) is 4.23. The highest BCUT2D eigenvalue weighted by Crippen LogP contribution is 2.42. The average molecular weight is 439 g/mol. The Bertz CT molecular complexity index is 1560. The third-order valence-electron chi connectivity index (χ3n) is 5.22. The molecule has 0 radical (unpaired) electrons. The maximum absolute atomic E-state index is 13.0. The minimum Gasteiger partial charge on any atom is -0.477 e. The molecule has 6 nitrogen and oxygen atoms in total. The van der Waals surface area contributed by atoms with Gasteiger partial charge in [-0.25, -0.2) is 9.97 Å². The highest BCUT2D eigenvalue weighted by atomic mass is 32.1. The van der Waals surface area contributed by atoms with Gasteiger partial charge in [-0.1, -0.05) is 60.2 Å². The van der Waals surface area contributed by atoms with E-state index in [9.17, 15) is 10.1 Å². The second-order valence-corrected chi connectivity index (χ2v) is 8.32. The van der Waals surface area contributed by atoms with Crippen molar-refractivity contribution in [3.8, 4) is 34.5 Å². The number of rotatable bonds is 4. The largest absolute Gasteiger partial charge is 0.477 e. The van der Waals surface area contributed by atoms with Crippen molar-refractivity contribution in [2.75, 3.05) is 6.61 Å². The molecule has 0 aliphatic carbocycles. The molecule has 5 aromatic rings. The molecule has 2 aromatic carbocycles. The molecular formula is C25H18N4O2S. The number of hydrogen-bond acceptors (Lipinski definition) is 6. The minimum atomic E-state index is -0.232. The third kappa shape index (κ3) is 3.22. The van der Waals surface area contributed by atoms with Gasteiger partial charge in [-0.15, -0.1) is 11.3 Å². The zero-order chi connectivity index (χ0) is 22.2. The second kappa shape index (κ2) is 7.91. The van der Waals surface area contributed by atoms with E-state index in [1.54, 1.807) is 0 Å². The number of pyridine rings is 1. The second-order valence-electron chi connectivity index (χ2n) is 7.32. The van der Waals surface area contributed by atoms with Crippen LogP contribution in [0.5, 0.6) is 5.88 Å². The fraction of sp³-hybridized carbons (Fsp3) is 0.120. The summed E-state index contributed by atoms with van der Waals surface area (Å²) in [5, 5.41) is 10.7. The van der Waals surface area contributed by atoms with Gasteiger partial charge in [0.2, 0.25) is 5.88 Å². The van der Waals surface area contributed by atoms with E-state index < -0.39 is 0 Å². The average Bonchev–Trinajstić information content (AvgIpc) is 3.18. The fourth-order valence-electron chi connectivity index (χ4n) is 3.75. The lowest BCUT2D eigenvalue weighted by Gasteiger charge is -2.11. The Balaban J connectivity index is 1.92. The summed E-state index contributed by atoms with van der Waals surface area (Å²) in [5.74, 6) is 0.747. The molecule has 0 spiro atoms. The molecular weight excluding hydrogens is 420 g/mol. The lowest BCUT2D eigenvalue weighted by atomic mass is 9.98. The highest BCUT2D eigenvalue weighted by molar-refractivity contribution is 7.25. The first-order chi connectivity index (χ1) is 15.6. The quantitative estimate of drug-likeness (QED) is 0.403. The first kappa shape index (κ1) is 19.9. The van der Waals surface area contributed by atoms with Gasteiger partial charge in [-0.05, 0) is 19.4 Å². The summed E-state index contributed by atoms with van der Waals surface area (Å²) in [7, 11) is 0. The van der Waals surface area contributed by atoms with Crippen molar-refractivity contribution in [3.63, 3.8) is 0 Å². The Morgan fingerprint density at radius 1 is 1.06 bits per heavy atom.